The van der Waals surface area contributed by atoms with Crippen LogP contribution in [0.5, 0.6) is 0 Å². The smallest absolute Gasteiger partial charge is 0.225 e. The van der Waals surface area contributed by atoms with Crippen molar-refractivity contribution in [3.05, 3.63) is 11.8 Å². The summed E-state index contributed by atoms with van der Waals surface area (Å²) in [6.07, 6.45) is 2.32. The van der Waals surface area contributed by atoms with Crippen molar-refractivity contribution in [1.29, 1.82) is 0 Å². The van der Waals surface area contributed by atoms with Crippen molar-refractivity contribution < 1.29 is 9.53 Å². The molecule has 1 N–H and O–H groups in total. The number of aromatic nitrogens is 1. The Bertz CT molecular complexity index is 312. The number of methoxy groups -OCH3 is 1. The Morgan fingerprint density at radius 3 is 3.00 bits per heavy atom. The zero-order valence-electron chi connectivity index (χ0n) is 9.08. The second-order valence-electron chi connectivity index (χ2n) is 3.33. The molecule has 0 aliphatic heterocycles. The second-order valence-corrected chi connectivity index (χ2v) is 4.14. The van der Waals surface area contributed by atoms with Gasteiger partial charge in [-0.15, -0.1) is 0 Å². The first-order valence-corrected chi connectivity index (χ1v) is 5.72. The summed E-state index contributed by atoms with van der Waals surface area (Å²) in [6.45, 7) is 2.62. The highest BCUT2D eigenvalue weighted by molar-refractivity contribution is 7.10. The van der Waals surface area contributed by atoms with Crippen LogP contribution in [0, 0.1) is 6.92 Å². The molecule has 1 aromatic heterocycles. The number of nitrogens with zero attached hydrogens (tertiary/aromatic N) is 1. The Morgan fingerprint density at radius 1 is 1.60 bits per heavy atom. The minimum absolute atomic E-state index is 0.0507. The first-order valence-electron chi connectivity index (χ1n) is 4.94. The molecule has 1 amide bonds. The maximum Gasteiger partial charge on any atom is 0.225 e. The number of nitrogens with one attached hydrogen (secondary N) is 1. The summed E-state index contributed by atoms with van der Waals surface area (Å²) >= 11 is 1.31. The molecule has 1 rings (SSSR count). The van der Waals surface area contributed by atoms with Crippen molar-refractivity contribution in [2.24, 2.45) is 0 Å². The second kappa shape index (κ2) is 6.53. The summed E-state index contributed by atoms with van der Waals surface area (Å²) < 4.78 is 8.99. The van der Waals surface area contributed by atoms with Crippen LogP contribution >= 0.6 is 11.5 Å². The molecule has 0 aliphatic rings. The van der Waals surface area contributed by atoms with Crippen molar-refractivity contribution in [3.63, 3.8) is 0 Å². The van der Waals surface area contributed by atoms with E-state index in [1.54, 1.807) is 7.11 Å². The number of hydrogen-bond acceptors (Lipinski definition) is 4. The summed E-state index contributed by atoms with van der Waals surface area (Å²) in [4.78, 5) is 11.4. The van der Waals surface area contributed by atoms with E-state index in [0.717, 1.165) is 23.5 Å². The molecule has 0 radical (unpaired) electrons. The molecular formula is C10H16N2O2S. The lowest BCUT2D eigenvalue weighted by Gasteiger charge is -2.01. The van der Waals surface area contributed by atoms with Crippen molar-refractivity contribution in [3.8, 4) is 0 Å². The SMILES string of the molecule is COCCCCC(=O)Nc1cc(C)ns1. The van der Waals surface area contributed by atoms with Crippen LogP contribution in [-0.4, -0.2) is 24.0 Å². The van der Waals surface area contributed by atoms with Gasteiger partial charge in [-0.3, -0.25) is 4.79 Å². The monoisotopic (exact) mass is 228 g/mol. The van der Waals surface area contributed by atoms with Gasteiger partial charge in [0.25, 0.3) is 0 Å². The lowest BCUT2D eigenvalue weighted by Crippen LogP contribution is -2.10. The highest BCUT2D eigenvalue weighted by Crippen LogP contribution is 2.15. The number of rotatable bonds is 6. The Morgan fingerprint density at radius 2 is 2.40 bits per heavy atom. The van der Waals surface area contributed by atoms with Gasteiger partial charge in [0.1, 0.15) is 5.00 Å². The van der Waals surface area contributed by atoms with Gasteiger partial charge < -0.3 is 10.1 Å². The lowest BCUT2D eigenvalue weighted by atomic mass is 10.2. The van der Waals surface area contributed by atoms with Gasteiger partial charge in [0.2, 0.25) is 5.91 Å². The standard InChI is InChI=1S/C10H16N2O2S/c1-8-7-10(15-12-8)11-9(13)5-3-4-6-14-2/h7H,3-6H2,1-2H3,(H,11,13). The molecule has 0 saturated heterocycles. The maximum absolute atomic E-state index is 11.4. The molecule has 4 nitrogen and oxygen atoms in total. The molecule has 5 heteroatoms. The molecule has 15 heavy (non-hydrogen) atoms. The topological polar surface area (TPSA) is 51.2 Å². The lowest BCUT2D eigenvalue weighted by molar-refractivity contribution is -0.116. The minimum atomic E-state index is 0.0507. The van der Waals surface area contributed by atoms with Gasteiger partial charge in [0.05, 0.1) is 5.69 Å². The molecule has 84 valence electrons. The fourth-order valence-electron chi connectivity index (χ4n) is 1.15. The van der Waals surface area contributed by atoms with Crippen molar-refractivity contribution in [1.82, 2.24) is 4.37 Å². The van der Waals surface area contributed by atoms with E-state index in [1.807, 2.05) is 13.0 Å². The van der Waals surface area contributed by atoms with Gasteiger partial charge in [0, 0.05) is 20.1 Å². The van der Waals surface area contributed by atoms with E-state index in [4.69, 9.17) is 4.74 Å². The average molecular weight is 228 g/mol. The summed E-state index contributed by atoms with van der Waals surface area (Å²) in [6, 6.07) is 1.87. The van der Waals surface area contributed by atoms with E-state index < -0.39 is 0 Å². The van der Waals surface area contributed by atoms with E-state index in [0.29, 0.717) is 13.0 Å². The van der Waals surface area contributed by atoms with Crippen LogP contribution in [0.4, 0.5) is 5.00 Å². The molecule has 0 aromatic carbocycles. The third-order valence-corrected chi connectivity index (χ3v) is 2.69. The van der Waals surface area contributed by atoms with Crippen LogP contribution in [0.15, 0.2) is 6.07 Å². The van der Waals surface area contributed by atoms with Gasteiger partial charge in [-0.1, -0.05) is 0 Å². The molecule has 0 aliphatic carbocycles. The summed E-state index contributed by atoms with van der Waals surface area (Å²) in [5.74, 6) is 0.0507. The third-order valence-electron chi connectivity index (χ3n) is 1.89. The van der Waals surface area contributed by atoms with Crippen LogP contribution in [0.1, 0.15) is 25.0 Å². The molecule has 1 heterocycles. The highest BCUT2D eigenvalue weighted by atomic mass is 32.1. The van der Waals surface area contributed by atoms with Crippen molar-refractivity contribution in [2.75, 3.05) is 19.0 Å². The Balaban J connectivity index is 2.18. The zero-order chi connectivity index (χ0) is 11.1. The van der Waals surface area contributed by atoms with Gasteiger partial charge >= 0.3 is 0 Å². The predicted molar refractivity (Wildman–Crippen MR) is 61.2 cm³/mol. The number of carbonyl (C=O) groups is 1. The van der Waals surface area contributed by atoms with Crippen LogP contribution < -0.4 is 5.32 Å². The number of anilines is 1. The molecule has 0 unspecified atom stereocenters. The third kappa shape index (κ3) is 4.90. The largest absolute Gasteiger partial charge is 0.385 e. The fraction of sp³-hybridized carbons (Fsp3) is 0.600. The number of carbonyl (C=O) groups excluding carboxylic acids is 1. The van der Waals surface area contributed by atoms with Crippen LogP contribution in [-0.2, 0) is 9.53 Å². The fourth-order valence-corrected chi connectivity index (χ4v) is 1.83. The molecular weight excluding hydrogens is 212 g/mol. The highest BCUT2D eigenvalue weighted by Gasteiger charge is 2.04. The number of ether oxygens (including phenoxy) is 1. The Kier molecular flexibility index (Phi) is 5.28. The summed E-state index contributed by atoms with van der Waals surface area (Å²) in [7, 11) is 1.67. The van der Waals surface area contributed by atoms with Crippen LogP contribution in [0.25, 0.3) is 0 Å². The Hall–Kier alpha value is -0.940. The first-order chi connectivity index (χ1) is 7.22. The van der Waals surface area contributed by atoms with E-state index >= 15 is 0 Å². The molecule has 0 spiro atoms. The number of unbranched alkanes of at least 4 members (excludes halogenated alkanes) is 1. The van der Waals surface area contributed by atoms with Gasteiger partial charge in [-0.25, -0.2) is 0 Å². The van der Waals surface area contributed by atoms with E-state index in [9.17, 15) is 4.79 Å². The van der Waals surface area contributed by atoms with Crippen molar-refractivity contribution >= 4 is 22.4 Å². The number of hydrogen-bond donors (Lipinski definition) is 1. The first kappa shape index (κ1) is 12.1. The molecule has 0 fully saturated rings. The van der Waals surface area contributed by atoms with E-state index in [2.05, 4.69) is 9.69 Å². The van der Waals surface area contributed by atoms with Crippen molar-refractivity contribution in [2.45, 2.75) is 26.2 Å². The van der Waals surface area contributed by atoms with E-state index in [1.165, 1.54) is 11.5 Å². The average Bonchev–Trinajstić information content (AvgIpc) is 2.59. The zero-order valence-corrected chi connectivity index (χ0v) is 9.89. The maximum atomic E-state index is 11.4. The molecule has 1 aromatic rings. The molecule has 0 saturated carbocycles. The van der Waals surface area contributed by atoms with Gasteiger partial charge in [0.15, 0.2) is 0 Å². The van der Waals surface area contributed by atoms with E-state index in [-0.39, 0.29) is 5.91 Å². The quantitative estimate of drug-likeness (QED) is 0.759. The number of amides is 1. The van der Waals surface area contributed by atoms with Gasteiger partial charge in [-0.2, -0.15) is 4.37 Å². The minimum Gasteiger partial charge on any atom is -0.385 e. The Labute approximate surface area is 93.8 Å². The van der Waals surface area contributed by atoms with Crippen LogP contribution in [0.3, 0.4) is 0 Å². The normalized spacial score (nSPS) is 10.3. The van der Waals surface area contributed by atoms with Crippen LogP contribution in [0.2, 0.25) is 0 Å². The molecule has 0 bridgehead atoms. The summed E-state index contributed by atoms with van der Waals surface area (Å²) in [5, 5.41) is 3.64. The van der Waals surface area contributed by atoms with Gasteiger partial charge in [-0.05, 0) is 37.4 Å². The molecule has 0 atom stereocenters. The summed E-state index contributed by atoms with van der Waals surface area (Å²) in [5.41, 5.74) is 0.940. The predicted octanol–water partition coefficient (Wildman–Crippen LogP) is 2.21. The number of aryl methyl sites for hydroxylation is 1.